The van der Waals surface area contributed by atoms with Crippen molar-refractivity contribution in [2.24, 2.45) is 7.05 Å². The van der Waals surface area contributed by atoms with Gasteiger partial charge in [-0.3, -0.25) is 4.90 Å². The molecule has 1 aliphatic heterocycles. The van der Waals surface area contributed by atoms with E-state index >= 15 is 0 Å². The van der Waals surface area contributed by atoms with Gasteiger partial charge >= 0.3 is 0 Å². The van der Waals surface area contributed by atoms with Crippen molar-refractivity contribution in [3.63, 3.8) is 0 Å². The minimum atomic E-state index is -0.291. The first-order chi connectivity index (χ1) is 10.7. The Kier molecular flexibility index (Phi) is 4.13. The minimum absolute atomic E-state index is 0.177. The first-order valence-corrected chi connectivity index (χ1v) is 7.03. The highest BCUT2D eigenvalue weighted by atomic mass is 19.1. The van der Waals surface area contributed by atoms with Crippen molar-refractivity contribution in [1.82, 2.24) is 19.7 Å². The fraction of sp³-hybridized carbons (Fsp3) is 0.400. The SMILES string of the molecule is Cn1cnnc1[C@H]1CN(Cc2cc(C#N)ccc2F)CCO1. The van der Waals surface area contributed by atoms with E-state index in [4.69, 9.17) is 10.00 Å². The molecule has 1 atom stereocenters. The van der Waals surface area contributed by atoms with E-state index in [9.17, 15) is 4.39 Å². The summed E-state index contributed by atoms with van der Waals surface area (Å²) < 4.78 is 21.5. The fourth-order valence-corrected chi connectivity index (χ4v) is 2.59. The van der Waals surface area contributed by atoms with Crippen molar-refractivity contribution < 1.29 is 9.13 Å². The zero-order valence-electron chi connectivity index (χ0n) is 12.2. The molecule has 0 spiro atoms. The number of hydrogen-bond acceptors (Lipinski definition) is 5. The summed E-state index contributed by atoms with van der Waals surface area (Å²) in [6.07, 6.45) is 1.46. The van der Waals surface area contributed by atoms with Crippen LogP contribution in [0.4, 0.5) is 4.39 Å². The van der Waals surface area contributed by atoms with Crippen LogP contribution in [0.25, 0.3) is 0 Å². The van der Waals surface area contributed by atoms with E-state index in [0.29, 0.717) is 37.4 Å². The van der Waals surface area contributed by atoms with Gasteiger partial charge in [0.1, 0.15) is 18.2 Å². The molecular formula is C15H16FN5O. The number of benzene rings is 1. The molecule has 0 aliphatic carbocycles. The molecule has 6 nitrogen and oxygen atoms in total. The number of rotatable bonds is 3. The van der Waals surface area contributed by atoms with Gasteiger partial charge in [0.15, 0.2) is 5.82 Å². The van der Waals surface area contributed by atoms with Crippen molar-refractivity contribution in [2.45, 2.75) is 12.6 Å². The number of ether oxygens (including phenoxy) is 1. The van der Waals surface area contributed by atoms with Gasteiger partial charge in [-0.05, 0) is 18.2 Å². The molecule has 3 rings (SSSR count). The lowest BCUT2D eigenvalue weighted by molar-refractivity contribution is -0.0388. The molecule has 114 valence electrons. The maximum atomic E-state index is 13.9. The first-order valence-electron chi connectivity index (χ1n) is 7.03. The molecule has 0 bridgehead atoms. The Labute approximate surface area is 127 Å². The number of nitrogens with zero attached hydrogens (tertiary/aromatic N) is 5. The summed E-state index contributed by atoms with van der Waals surface area (Å²) in [5.74, 6) is 0.469. The highest BCUT2D eigenvalue weighted by Gasteiger charge is 2.26. The number of aromatic nitrogens is 3. The molecule has 0 amide bonds. The Hall–Kier alpha value is -2.30. The lowest BCUT2D eigenvalue weighted by Gasteiger charge is -2.32. The summed E-state index contributed by atoms with van der Waals surface area (Å²) in [4.78, 5) is 2.10. The van der Waals surface area contributed by atoms with Gasteiger partial charge in [0, 0.05) is 32.2 Å². The van der Waals surface area contributed by atoms with Crippen LogP contribution in [-0.2, 0) is 18.3 Å². The molecular weight excluding hydrogens is 285 g/mol. The molecule has 22 heavy (non-hydrogen) atoms. The van der Waals surface area contributed by atoms with Gasteiger partial charge in [0.05, 0.1) is 18.2 Å². The van der Waals surface area contributed by atoms with Crippen molar-refractivity contribution in [3.8, 4) is 6.07 Å². The lowest BCUT2D eigenvalue weighted by Crippen LogP contribution is -2.38. The Bertz CT molecular complexity index is 708. The summed E-state index contributed by atoms with van der Waals surface area (Å²) >= 11 is 0. The van der Waals surface area contributed by atoms with Gasteiger partial charge in [-0.1, -0.05) is 0 Å². The van der Waals surface area contributed by atoms with E-state index in [2.05, 4.69) is 15.1 Å². The van der Waals surface area contributed by atoms with Gasteiger partial charge in [-0.2, -0.15) is 5.26 Å². The van der Waals surface area contributed by atoms with Crippen molar-refractivity contribution in [3.05, 3.63) is 47.3 Å². The van der Waals surface area contributed by atoms with E-state index in [1.165, 1.54) is 12.1 Å². The predicted molar refractivity (Wildman–Crippen MR) is 76.1 cm³/mol. The Morgan fingerprint density at radius 3 is 3.09 bits per heavy atom. The van der Waals surface area contributed by atoms with Crippen LogP contribution < -0.4 is 0 Å². The van der Waals surface area contributed by atoms with Gasteiger partial charge < -0.3 is 9.30 Å². The lowest BCUT2D eigenvalue weighted by atomic mass is 10.1. The third kappa shape index (κ3) is 2.98. The fourth-order valence-electron chi connectivity index (χ4n) is 2.59. The molecule has 1 aromatic carbocycles. The Morgan fingerprint density at radius 1 is 1.50 bits per heavy atom. The van der Waals surface area contributed by atoms with Crippen LogP contribution in [0, 0.1) is 17.1 Å². The van der Waals surface area contributed by atoms with Crippen LogP contribution in [0.3, 0.4) is 0 Å². The normalized spacial score (nSPS) is 19.0. The van der Waals surface area contributed by atoms with E-state index in [-0.39, 0.29) is 11.9 Å². The number of morpholine rings is 1. The molecule has 1 aliphatic rings. The van der Waals surface area contributed by atoms with E-state index in [0.717, 1.165) is 5.82 Å². The van der Waals surface area contributed by atoms with Crippen LogP contribution in [0.15, 0.2) is 24.5 Å². The highest BCUT2D eigenvalue weighted by Crippen LogP contribution is 2.22. The van der Waals surface area contributed by atoms with Crippen LogP contribution in [0.2, 0.25) is 0 Å². The van der Waals surface area contributed by atoms with Crippen LogP contribution in [0.1, 0.15) is 23.1 Å². The molecule has 7 heteroatoms. The summed E-state index contributed by atoms with van der Waals surface area (Å²) in [5, 5.41) is 16.9. The quantitative estimate of drug-likeness (QED) is 0.857. The van der Waals surface area contributed by atoms with E-state index in [1.807, 2.05) is 17.7 Å². The van der Waals surface area contributed by atoms with Crippen LogP contribution >= 0.6 is 0 Å². The van der Waals surface area contributed by atoms with Gasteiger partial charge in [0.25, 0.3) is 0 Å². The molecule has 0 unspecified atom stereocenters. The van der Waals surface area contributed by atoms with E-state index in [1.54, 1.807) is 12.4 Å². The summed E-state index contributed by atoms with van der Waals surface area (Å²) in [5.41, 5.74) is 0.993. The average molecular weight is 301 g/mol. The molecule has 2 aromatic rings. The second-order valence-electron chi connectivity index (χ2n) is 5.31. The Morgan fingerprint density at radius 2 is 2.36 bits per heavy atom. The topological polar surface area (TPSA) is 67.0 Å². The maximum Gasteiger partial charge on any atom is 0.163 e. The molecule has 2 heterocycles. The first kappa shape index (κ1) is 14.6. The van der Waals surface area contributed by atoms with Gasteiger partial charge in [-0.15, -0.1) is 10.2 Å². The van der Waals surface area contributed by atoms with Gasteiger partial charge in [0.2, 0.25) is 0 Å². The third-order valence-corrected chi connectivity index (χ3v) is 3.75. The number of aryl methyl sites for hydroxylation is 1. The second-order valence-corrected chi connectivity index (χ2v) is 5.31. The minimum Gasteiger partial charge on any atom is -0.368 e. The summed E-state index contributed by atoms with van der Waals surface area (Å²) in [6, 6.07) is 6.47. The van der Waals surface area contributed by atoms with E-state index < -0.39 is 0 Å². The van der Waals surface area contributed by atoms with Gasteiger partial charge in [-0.25, -0.2) is 4.39 Å². The third-order valence-electron chi connectivity index (χ3n) is 3.75. The number of nitriles is 1. The largest absolute Gasteiger partial charge is 0.368 e. The van der Waals surface area contributed by atoms with Crippen molar-refractivity contribution in [1.29, 1.82) is 5.26 Å². The number of hydrogen-bond donors (Lipinski definition) is 0. The van der Waals surface area contributed by atoms with Crippen molar-refractivity contribution >= 4 is 0 Å². The summed E-state index contributed by atoms with van der Waals surface area (Å²) in [6.45, 7) is 2.32. The molecule has 1 saturated heterocycles. The van der Waals surface area contributed by atoms with Crippen LogP contribution in [0.5, 0.6) is 0 Å². The molecule has 0 radical (unpaired) electrons. The smallest absolute Gasteiger partial charge is 0.163 e. The predicted octanol–water partition coefficient (Wildman–Crippen LogP) is 1.40. The monoisotopic (exact) mass is 301 g/mol. The standard InChI is InChI=1S/C15H16FN5O/c1-20-10-18-19-15(20)14-9-21(4-5-22-14)8-12-6-11(7-17)2-3-13(12)16/h2-3,6,10,14H,4-5,8-9H2,1H3/t14-/m1/s1. The molecule has 1 fully saturated rings. The number of halogens is 1. The molecule has 1 aromatic heterocycles. The second kappa shape index (κ2) is 6.22. The average Bonchev–Trinajstić information content (AvgIpc) is 2.96. The zero-order valence-corrected chi connectivity index (χ0v) is 12.2. The summed E-state index contributed by atoms with van der Waals surface area (Å²) in [7, 11) is 1.87. The van der Waals surface area contributed by atoms with Crippen molar-refractivity contribution in [2.75, 3.05) is 19.7 Å². The van der Waals surface area contributed by atoms with Crippen LogP contribution in [-0.4, -0.2) is 39.4 Å². The highest BCUT2D eigenvalue weighted by molar-refractivity contribution is 5.33. The Balaban J connectivity index is 1.73. The zero-order chi connectivity index (χ0) is 15.5. The molecule has 0 N–H and O–H groups in total. The maximum absolute atomic E-state index is 13.9. The molecule has 0 saturated carbocycles.